The summed E-state index contributed by atoms with van der Waals surface area (Å²) in [6, 6.07) is 5.26. The first-order chi connectivity index (χ1) is 9.02. The molecule has 2 aromatic rings. The van der Waals surface area contributed by atoms with Gasteiger partial charge in [0.05, 0.1) is 22.3 Å². The first kappa shape index (κ1) is 14.3. The number of carbonyl (C=O) groups is 1. The van der Waals surface area contributed by atoms with E-state index in [4.69, 9.17) is 27.9 Å². The van der Waals surface area contributed by atoms with Gasteiger partial charge in [-0.2, -0.15) is 0 Å². The Labute approximate surface area is 125 Å². The minimum atomic E-state index is -0.344. The van der Waals surface area contributed by atoms with Crippen LogP contribution in [0.4, 0.5) is 0 Å². The Morgan fingerprint density at radius 3 is 2.74 bits per heavy atom. The summed E-state index contributed by atoms with van der Waals surface area (Å²) in [5.41, 5.74) is 1.49. The van der Waals surface area contributed by atoms with Gasteiger partial charge in [-0.3, -0.25) is 0 Å². The van der Waals surface area contributed by atoms with Crippen LogP contribution in [0.1, 0.15) is 22.3 Å². The number of carbonyl (C=O) groups excluding carboxylic acids is 1. The van der Waals surface area contributed by atoms with Crippen LogP contribution in [0.2, 0.25) is 10.0 Å². The molecule has 0 radical (unpaired) electrons. The molecule has 0 aliphatic carbocycles. The number of benzene rings is 1. The van der Waals surface area contributed by atoms with Crippen molar-refractivity contribution >= 4 is 40.5 Å². The zero-order valence-corrected chi connectivity index (χ0v) is 12.7. The minimum absolute atomic E-state index is 0.344. The number of rotatable bonds is 3. The standard InChI is InChI=1S/C13H11Cl2NO2S/c1-3-18-13(17)11-7(2)16-12(19-11)8-4-5-9(14)10(15)6-8/h4-6H,3H2,1-2H3. The number of hydrogen-bond acceptors (Lipinski definition) is 4. The topological polar surface area (TPSA) is 39.2 Å². The largest absolute Gasteiger partial charge is 0.462 e. The van der Waals surface area contributed by atoms with Crippen LogP contribution in [-0.2, 0) is 4.74 Å². The van der Waals surface area contributed by atoms with Gasteiger partial charge in [0.2, 0.25) is 0 Å². The van der Waals surface area contributed by atoms with E-state index in [1.165, 1.54) is 11.3 Å². The third kappa shape index (κ3) is 3.08. The van der Waals surface area contributed by atoms with Gasteiger partial charge in [0.25, 0.3) is 0 Å². The molecule has 100 valence electrons. The Morgan fingerprint density at radius 2 is 2.11 bits per heavy atom. The molecule has 0 aliphatic rings. The Balaban J connectivity index is 2.38. The second kappa shape index (κ2) is 5.90. The van der Waals surface area contributed by atoms with Gasteiger partial charge >= 0.3 is 5.97 Å². The third-order valence-corrected chi connectivity index (χ3v) is 4.35. The smallest absolute Gasteiger partial charge is 0.350 e. The van der Waals surface area contributed by atoms with Crippen molar-refractivity contribution in [3.8, 4) is 10.6 Å². The van der Waals surface area contributed by atoms with Crippen LogP contribution in [0, 0.1) is 6.92 Å². The lowest BCUT2D eigenvalue weighted by Crippen LogP contribution is -2.03. The van der Waals surface area contributed by atoms with Crippen molar-refractivity contribution in [3.63, 3.8) is 0 Å². The predicted molar refractivity (Wildman–Crippen MR) is 78.3 cm³/mol. The molecule has 0 amide bonds. The zero-order valence-electron chi connectivity index (χ0n) is 10.4. The predicted octanol–water partition coefficient (Wildman–Crippen LogP) is 4.60. The van der Waals surface area contributed by atoms with Crippen molar-refractivity contribution in [2.24, 2.45) is 0 Å². The van der Waals surface area contributed by atoms with E-state index in [0.29, 0.717) is 27.2 Å². The number of esters is 1. The van der Waals surface area contributed by atoms with E-state index in [-0.39, 0.29) is 5.97 Å². The molecular formula is C13H11Cl2NO2S. The molecule has 0 fully saturated rings. The zero-order chi connectivity index (χ0) is 14.0. The second-order valence-electron chi connectivity index (χ2n) is 3.78. The number of ether oxygens (including phenoxy) is 1. The van der Waals surface area contributed by atoms with Crippen LogP contribution in [-0.4, -0.2) is 17.6 Å². The lowest BCUT2D eigenvalue weighted by Gasteiger charge is -1.99. The minimum Gasteiger partial charge on any atom is -0.462 e. The summed E-state index contributed by atoms with van der Waals surface area (Å²) in [6.07, 6.45) is 0. The molecule has 6 heteroatoms. The Kier molecular flexibility index (Phi) is 4.45. The maximum absolute atomic E-state index is 11.7. The normalized spacial score (nSPS) is 10.5. The van der Waals surface area contributed by atoms with Crippen LogP contribution in [0.15, 0.2) is 18.2 Å². The van der Waals surface area contributed by atoms with Gasteiger partial charge in [0.15, 0.2) is 0 Å². The molecule has 1 aromatic carbocycles. The van der Waals surface area contributed by atoms with E-state index in [0.717, 1.165) is 10.6 Å². The molecule has 0 bridgehead atoms. The molecule has 2 rings (SSSR count). The second-order valence-corrected chi connectivity index (χ2v) is 5.60. The number of halogens is 2. The van der Waals surface area contributed by atoms with Crippen molar-refractivity contribution in [2.75, 3.05) is 6.61 Å². The Morgan fingerprint density at radius 1 is 1.37 bits per heavy atom. The van der Waals surface area contributed by atoms with Gasteiger partial charge in [-0.05, 0) is 26.0 Å². The summed E-state index contributed by atoms with van der Waals surface area (Å²) in [7, 11) is 0. The molecule has 0 atom stereocenters. The molecule has 3 nitrogen and oxygen atoms in total. The Bertz CT molecular complexity index is 625. The number of hydrogen-bond donors (Lipinski definition) is 0. The first-order valence-corrected chi connectivity index (χ1v) is 7.20. The van der Waals surface area contributed by atoms with Crippen LogP contribution in [0.3, 0.4) is 0 Å². The summed E-state index contributed by atoms with van der Waals surface area (Å²) in [5, 5.41) is 1.67. The van der Waals surface area contributed by atoms with Crippen LogP contribution >= 0.6 is 34.5 Å². The molecule has 0 aliphatic heterocycles. The maximum atomic E-state index is 11.7. The summed E-state index contributed by atoms with van der Waals surface area (Å²) in [4.78, 5) is 16.6. The molecule has 0 saturated heterocycles. The highest BCUT2D eigenvalue weighted by Gasteiger charge is 2.17. The number of thiazole rings is 1. The van der Waals surface area contributed by atoms with Crippen molar-refractivity contribution in [3.05, 3.63) is 38.8 Å². The fourth-order valence-electron chi connectivity index (χ4n) is 1.54. The van der Waals surface area contributed by atoms with E-state index in [1.807, 2.05) is 6.07 Å². The highest BCUT2D eigenvalue weighted by molar-refractivity contribution is 7.17. The van der Waals surface area contributed by atoms with E-state index < -0.39 is 0 Å². The average molecular weight is 316 g/mol. The molecular weight excluding hydrogens is 305 g/mol. The summed E-state index contributed by atoms with van der Waals surface area (Å²) < 4.78 is 4.99. The lowest BCUT2D eigenvalue weighted by atomic mass is 10.2. The first-order valence-electron chi connectivity index (χ1n) is 5.63. The van der Waals surface area contributed by atoms with E-state index >= 15 is 0 Å². The van der Waals surface area contributed by atoms with E-state index in [2.05, 4.69) is 4.98 Å². The van der Waals surface area contributed by atoms with Crippen molar-refractivity contribution in [2.45, 2.75) is 13.8 Å². The van der Waals surface area contributed by atoms with Crippen molar-refractivity contribution in [1.29, 1.82) is 0 Å². The fraction of sp³-hybridized carbons (Fsp3) is 0.231. The summed E-state index contributed by atoms with van der Waals surface area (Å²) >= 11 is 13.1. The van der Waals surface area contributed by atoms with Crippen LogP contribution < -0.4 is 0 Å². The number of aryl methyl sites for hydroxylation is 1. The number of nitrogens with zero attached hydrogens (tertiary/aromatic N) is 1. The summed E-state index contributed by atoms with van der Waals surface area (Å²) in [6.45, 7) is 3.90. The fourth-order valence-corrected chi connectivity index (χ4v) is 2.79. The van der Waals surface area contributed by atoms with Gasteiger partial charge in [0.1, 0.15) is 9.88 Å². The van der Waals surface area contributed by atoms with Gasteiger partial charge in [-0.15, -0.1) is 11.3 Å². The SMILES string of the molecule is CCOC(=O)c1sc(-c2ccc(Cl)c(Cl)c2)nc1C. The summed E-state index contributed by atoms with van der Waals surface area (Å²) in [5.74, 6) is -0.344. The average Bonchev–Trinajstić information content (AvgIpc) is 2.75. The molecule has 0 unspecified atom stereocenters. The highest BCUT2D eigenvalue weighted by Crippen LogP contribution is 2.32. The molecule has 0 saturated carbocycles. The third-order valence-electron chi connectivity index (χ3n) is 2.42. The van der Waals surface area contributed by atoms with Gasteiger partial charge in [-0.25, -0.2) is 9.78 Å². The maximum Gasteiger partial charge on any atom is 0.350 e. The molecule has 0 N–H and O–H groups in total. The van der Waals surface area contributed by atoms with Gasteiger partial charge in [0, 0.05) is 5.56 Å². The van der Waals surface area contributed by atoms with Crippen LogP contribution in [0.5, 0.6) is 0 Å². The van der Waals surface area contributed by atoms with Gasteiger partial charge in [-0.1, -0.05) is 29.3 Å². The van der Waals surface area contributed by atoms with Crippen molar-refractivity contribution < 1.29 is 9.53 Å². The lowest BCUT2D eigenvalue weighted by molar-refractivity contribution is 0.0531. The van der Waals surface area contributed by atoms with Crippen molar-refractivity contribution in [1.82, 2.24) is 4.98 Å². The molecule has 1 aromatic heterocycles. The highest BCUT2D eigenvalue weighted by atomic mass is 35.5. The van der Waals surface area contributed by atoms with Gasteiger partial charge < -0.3 is 4.74 Å². The van der Waals surface area contributed by atoms with E-state index in [1.54, 1.807) is 26.0 Å². The molecule has 19 heavy (non-hydrogen) atoms. The monoisotopic (exact) mass is 315 g/mol. The molecule has 0 spiro atoms. The quantitative estimate of drug-likeness (QED) is 0.777. The van der Waals surface area contributed by atoms with Crippen LogP contribution in [0.25, 0.3) is 10.6 Å². The molecule has 1 heterocycles. The Hall–Kier alpha value is -1.10. The van der Waals surface area contributed by atoms with E-state index in [9.17, 15) is 4.79 Å². The number of aromatic nitrogens is 1.